The summed E-state index contributed by atoms with van der Waals surface area (Å²) in [5, 5.41) is 8.20. The number of carbonyl (C=O) groups is 4. The van der Waals surface area contributed by atoms with Crippen LogP contribution < -0.4 is 16.0 Å². The van der Waals surface area contributed by atoms with Crippen LogP contribution in [0, 0.1) is 6.92 Å². The average Bonchev–Trinajstić information content (AvgIpc) is 3.61. The van der Waals surface area contributed by atoms with Gasteiger partial charge in [-0.25, -0.2) is 4.79 Å². The minimum absolute atomic E-state index is 0.146. The number of thioether (sulfide) groups is 1. The molecule has 2 aromatic heterocycles. The van der Waals surface area contributed by atoms with E-state index in [4.69, 9.17) is 9.15 Å². The van der Waals surface area contributed by atoms with Crippen LogP contribution in [0.5, 0.6) is 0 Å². The molecule has 3 N–H and O–H groups in total. The molecule has 0 aliphatic rings. The molecule has 3 amide bonds. The van der Waals surface area contributed by atoms with Crippen molar-refractivity contribution in [2.45, 2.75) is 37.3 Å². The number of esters is 1. The summed E-state index contributed by atoms with van der Waals surface area (Å²) in [4.78, 5) is 52.8. The van der Waals surface area contributed by atoms with Gasteiger partial charge in [-0.15, -0.1) is 23.1 Å². The summed E-state index contributed by atoms with van der Waals surface area (Å²) in [6, 6.07) is 19.3. The minimum Gasteiger partial charge on any atom is -0.462 e. The van der Waals surface area contributed by atoms with Crippen molar-refractivity contribution in [2.24, 2.45) is 0 Å². The third-order valence-corrected chi connectivity index (χ3v) is 8.44. The number of benzene rings is 2. The fourth-order valence-corrected chi connectivity index (χ4v) is 6.01. The van der Waals surface area contributed by atoms with Gasteiger partial charge in [0, 0.05) is 16.3 Å². The van der Waals surface area contributed by atoms with E-state index in [1.54, 1.807) is 68.4 Å². The highest BCUT2D eigenvalue weighted by atomic mass is 32.2. The van der Waals surface area contributed by atoms with E-state index in [1.165, 1.54) is 18.0 Å². The molecule has 0 spiro atoms. The molecule has 2 heterocycles. The second-order valence-corrected chi connectivity index (χ2v) is 11.1. The van der Waals surface area contributed by atoms with Crippen molar-refractivity contribution in [1.29, 1.82) is 0 Å². The largest absolute Gasteiger partial charge is 0.462 e. The summed E-state index contributed by atoms with van der Waals surface area (Å²) in [7, 11) is 0. The fraction of sp³-hybridized carbons (Fsp3) is 0.200. The number of anilines is 3. The first-order chi connectivity index (χ1) is 19.8. The van der Waals surface area contributed by atoms with Gasteiger partial charge in [-0.1, -0.05) is 31.2 Å². The number of rotatable bonds is 11. The molecule has 4 rings (SSSR count). The molecular weight excluding hydrogens is 562 g/mol. The Morgan fingerprint density at radius 3 is 2.32 bits per heavy atom. The molecule has 0 aliphatic heterocycles. The van der Waals surface area contributed by atoms with Crippen LogP contribution in [0.4, 0.5) is 16.4 Å². The molecule has 9 nitrogen and oxygen atoms in total. The quantitative estimate of drug-likeness (QED) is 0.129. The van der Waals surface area contributed by atoms with Crippen LogP contribution in [0.15, 0.2) is 82.3 Å². The highest BCUT2D eigenvalue weighted by molar-refractivity contribution is 8.00. The SMILES string of the molecule is CCOC(=O)c1c(NC(=O)C(CC)Sc2cccc(NC(=O)c3ccco3)c2)sc(C(=O)Nc2ccccc2)c1C. The lowest BCUT2D eigenvalue weighted by Crippen LogP contribution is -2.25. The smallest absolute Gasteiger partial charge is 0.341 e. The van der Waals surface area contributed by atoms with Gasteiger partial charge >= 0.3 is 5.97 Å². The van der Waals surface area contributed by atoms with Gasteiger partial charge in [0.1, 0.15) is 5.00 Å². The van der Waals surface area contributed by atoms with E-state index >= 15 is 0 Å². The molecule has 0 radical (unpaired) electrons. The van der Waals surface area contributed by atoms with E-state index in [2.05, 4.69) is 16.0 Å². The third-order valence-electron chi connectivity index (χ3n) is 5.88. The third kappa shape index (κ3) is 7.44. The zero-order chi connectivity index (χ0) is 29.4. The number of hydrogen-bond acceptors (Lipinski definition) is 8. The predicted octanol–water partition coefficient (Wildman–Crippen LogP) is 6.84. The summed E-state index contributed by atoms with van der Waals surface area (Å²) in [6.07, 6.45) is 1.91. The standard InChI is InChI=1S/C30H29N3O6S2/c1-4-23(40-21-14-9-13-20(17-21)32-26(34)22-15-10-16-39-22)27(35)33-29-24(30(37)38-5-2)18(3)25(41-29)28(36)31-19-11-7-6-8-12-19/h6-17,23H,4-5H2,1-3H3,(H,31,36)(H,32,34)(H,33,35). The number of para-hydroxylation sites is 1. The summed E-state index contributed by atoms with van der Waals surface area (Å²) >= 11 is 2.35. The first-order valence-electron chi connectivity index (χ1n) is 12.9. The van der Waals surface area contributed by atoms with E-state index in [0.717, 1.165) is 16.2 Å². The Morgan fingerprint density at radius 2 is 1.63 bits per heavy atom. The number of thiophene rings is 1. The molecular formula is C30H29N3O6S2. The Bertz CT molecular complexity index is 1530. The maximum atomic E-state index is 13.4. The number of furan rings is 1. The Morgan fingerprint density at radius 1 is 0.902 bits per heavy atom. The van der Waals surface area contributed by atoms with Crippen LogP contribution in [0.2, 0.25) is 0 Å². The Kier molecular flexibility index (Phi) is 9.99. The van der Waals surface area contributed by atoms with Gasteiger partial charge in [0.05, 0.1) is 28.6 Å². The van der Waals surface area contributed by atoms with Gasteiger partial charge in [0.25, 0.3) is 11.8 Å². The van der Waals surface area contributed by atoms with E-state index in [-0.39, 0.29) is 40.7 Å². The van der Waals surface area contributed by atoms with Gasteiger partial charge in [0.15, 0.2) is 5.76 Å². The molecule has 2 aromatic carbocycles. The number of nitrogens with one attached hydrogen (secondary N) is 3. The number of ether oxygens (including phenoxy) is 1. The van der Waals surface area contributed by atoms with Gasteiger partial charge < -0.3 is 25.1 Å². The fourth-order valence-electron chi connectivity index (χ4n) is 3.90. The Hall–Kier alpha value is -4.35. The first-order valence-corrected chi connectivity index (χ1v) is 14.6. The number of carbonyl (C=O) groups excluding carboxylic acids is 4. The van der Waals surface area contributed by atoms with Crippen molar-refractivity contribution in [3.8, 4) is 0 Å². The summed E-state index contributed by atoms with van der Waals surface area (Å²) < 4.78 is 10.4. The molecule has 212 valence electrons. The highest BCUT2D eigenvalue weighted by Crippen LogP contribution is 2.36. The topological polar surface area (TPSA) is 127 Å². The predicted molar refractivity (Wildman–Crippen MR) is 161 cm³/mol. The Balaban J connectivity index is 1.52. The summed E-state index contributed by atoms with van der Waals surface area (Å²) in [6.45, 7) is 5.38. The van der Waals surface area contributed by atoms with E-state index in [9.17, 15) is 19.2 Å². The van der Waals surface area contributed by atoms with E-state index < -0.39 is 11.2 Å². The number of hydrogen-bond donors (Lipinski definition) is 3. The van der Waals surface area contributed by atoms with Crippen molar-refractivity contribution < 1.29 is 28.3 Å². The van der Waals surface area contributed by atoms with Crippen molar-refractivity contribution in [2.75, 3.05) is 22.6 Å². The van der Waals surface area contributed by atoms with Gasteiger partial charge in [-0.05, 0) is 68.3 Å². The number of amides is 3. The van der Waals surface area contributed by atoms with Crippen molar-refractivity contribution in [1.82, 2.24) is 0 Å². The molecule has 41 heavy (non-hydrogen) atoms. The maximum absolute atomic E-state index is 13.4. The van der Waals surface area contributed by atoms with E-state index in [0.29, 0.717) is 28.2 Å². The molecule has 0 saturated carbocycles. The average molecular weight is 592 g/mol. The van der Waals surface area contributed by atoms with E-state index in [1.807, 2.05) is 19.1 Å². The monoisotopic (exact) mass is 591 g/mol. The minimum atomic E-state index is -0.615. The zero-order valence-corrected chi connectivity index (χ0v) is 24.3. The maximum Gasteiger partial charge on any atom is 0.341 e. The second kappa shape index (κ2) is 13.8. The zero-order valence-electron chi connectivity index (χ0n) is 22.7. The molecule has 0 bridgehead atoms. The van der Waals surface area contributed by atoms with Crippen LogP contribution in [0.1, 0.15) is 56.4 Å². The van der Waals surface area contributed by atoms with Crippen molar-refractivity contribution in [3.05, 3.63) is 94.8 Å². The van der Waals surface area contributed by atoms with Gasteiger partial charge in [0.2, 0.25) is 5.91 Å². The van der Waals surface area contributed by atoms with Crippen LogP contribution in [-0.2, 0) is 9.53 Å². The van der Waals surface area contributed by atoms with Gasteiger partial charge in [-0.2, -0.15) is 0 Å². The molecule has 0 fully saturated rings. The first kappa shape index (κ1) is 29.6. The molecule has 11 heteroatoms. The Labute approximate surface area is 245 Å². The highest BCUT2D eigenvalue weighted by Gasteiger charge is 2.28. The molecule has 0 saturated heterocycles. The van der Waals surface area contributed by atoms with Crippen LogP contribution >= 0.6 is 23.1 Å². The molecule has 1 atom stereocenters. The lowest BCUT2D eigenvalue weighted by Gasteiger charge is -2.15. The van der Waals surface area contributed by atoms with Crippen molar-refractivity contribution >= 4 is 63.2 Å². The molecule has 1 unspecified atom stereocenters. The van der Waals surface area contributed by atoms with Crippen LogP contribution in [0.3, 0.4) is 0 Å². The van der Waals surface area contributed by atoms with Crippen LogP contribution in [0.25, 0.3) is 0 Å². The van der Waals surface area contributed by atoms with Crippen molar-refractivity contribution in [3.63, 3.8) is 0 Å². The summed E-state index contributed by atoms with van der Waals surface area (Å²) in [5.74, 6) is -1.53. The normalized spacial score (nSPS) is 11.4. The lowest BCUT2D eigenvalue weighted by molar-refractivity contribution is -0.115. The van der Waals surface area contributed by atoms with Crippen LogP contribution in [-0.4, -0.2) is 35.5 Å². The molecule has 4 aromatic rings. The summed E-state index contributed by atoms with van der Waals surface area (Å²) in [5.41, 5.74) is 1.75. The van der Waals surface area contributed by atoms with Gasteiger partial charge in [-0.3, -0.25) is 14.4 Å². The lowest BCUT2D eigenvalue weighted by atomic mass is 10.1. The second-order valence-electron chi connectivity index (χ2n) is 8.76. The molecule has 0 aliphatic carbocycles.